The highest BCUT2D eigenvalue weighted by Crippen LogP contribution is 2.34. The first-order valence-corrected chi connectivity index (χ1v) is 3.90. The Morgan fingerprint density at radius 3 is 1.67 bits per heavy atom. The second kappa shape index (κ2) is 6.19. The third kappa shape index (κ3) is 17.9. The van der Waals surface area contributed by atoms with Crippen molar-refractivity contribution in [1.82, 2.24) is 0 Å². The van der Waals surface area contributed by atoms with E-state index in [1.54, 1.807) is 6.92 Å². The molecule has 0 aliphatic carbocycles. The summed E-state index contributed by atoms with van der Waals surface area (Å²) in [7, 11) is -3.67. The van der Waals surface area contributed by atoms with Crippen LogP contribution in [-0.4, -0.2) is 26.9 Å². The highest BCUT2D eigenvalue weighted by molar-refractivity contribution is 7.51. The van der Waals surface area contributed by atoms with Crippen LogP contribution in [0.2, 0.25) is 0 Å². The zero-order valence-electron chi connectivity index (χ0n) is 5.16. The summed E-state index contributed by atoms with van der Waals surface area (Å²) in [5.41, 5.74) is 0. The summed E-state index contributed by atoms with van der Waals surface area (Å²) in [5.74, 6) is 0. The van der Waals surface area contributed by atoms with Crippen LogP contribution in [-0.2, 0) is 4.57 Å². The summed E-state index contributed by atoms with van der Waals surface area (Å²) in [6, 6.07) is 0. The molecular formula is C3H13O5P. The molecular weight excluding hydrogens is 147 g/mol. The molecule has 0 amide bonds. The molecule has 6 heteroatoms. The Kier molecular flexibility index (Phi) is 11.0. The van der Waals surface area contributed by atoms with Gasteiger partial charge in [-0.1, -0.05) is 6.92 Å². The summed E-state index contributed by atoms with van der Waals surface area (Å²) < 4.78 is 9.93. The van der Waals surface area contributed by atoms with Gasteiger partial charge in [-0.25, -0.2) is 0 Å². The molecule has 0 aliphatic rings. The maximum atomic E-state index is 9.93. The van der Waals surface area contributed by atoms with E-state index in [9.17, 15) is 4.57 Å². The van der Waals surface area contributed by atoms with Crippen LogP contribution in [0.3, 0.4) is 0 Å². The van der Waals surface area contributed by atoms with Gasteiger partial charge in [0.1, 0.15) is 0 Å². The van der Waals surface area contributed by atoms with Gasteiger partial charge in [0.2, 0.25) is 0 Å². The van der Waals surface area contributed by atoms with Gasteiger partial charge in [-0.3, -0.25) is 4.57 Å². The summed E-state index contributed by atoms with van der Waals surface area (Å²) >= 11 is 0. The minimum atomic E-state index is -3.67. The average molecular weight is 160 g/mol. The lowest BCUT2D eigenvalue weighted by Crippen LogP contribution is -1.82. The Hall–Kier alpha value is 0.0700. The normalized spacial score (nSPS) is 9.22. The molecule has 0 radical (unpaired) electrons. The second-order valence-electron chi connectivity index (χ2n) is 1.39. The van der Waals surface area contributed by atoms with Crippen LogP contribution in [0.25, 0.3) is 0 Å². The molecule has 0 aromatic carbocycles. The van der Waals surface area contributed by atoms with Crippen LogP contribution in [0.1, 0.15) is 13.3 Å². The van der Waals surface area contributed by atoms with Crippen LogP contribution in [0.15, 0.2) is 0 Å². The van der Waals surface area contributed by atoms with Gasteiger partial charge in [0.25, 0.3) is 0 Å². The number of rotatable bonds is 2. The van der Waals surface area contributed by atoms with Crippen LogP contribution in [0.4, 0.5) is 0 Å². The molecule has 0 spiro atoms. The summed E-state index contributed by atoms with van der Waals surface area (Å²) in [6.07, 6.45) is 0.553. The predicted molar refractivity (Wildman–Crippen MR) is 34.4 cm³/mol. The molecule has 0 atom stereocenters. The van der Waals surface area contributed by atoms with Crippen LogP contribution in [0.5, 0.6) is 0 Å². The third-order valence-corrected chi connectivity index (χ3v) is 1.54. The Balaban J connectivity index is -0.000000180. The summed E-state index contributed by atoms with van der Waals surface area (Å²) in [5, 5.41) is 0. The van der Waals surface area contributed by atoms with E-state index in [4.69, 9.17) is 9.79 Å². The quantitative estimate of drug-likeness (QED) is 0.500. The zero-order chi connectivity index (χ0) is 5.91. The lowest BCUT2D eigenvalue weighted by molar-refractivity contribution is 0.372. The van der Waals surface area contributed by atoms with E-state index in [1.165, 1.54) is 0 Å². The van der Waals surface area contributed by atoms with Crippen LogP contribution >= 0.6 is 7.60 Å². The Labute approximate surface area is 53.5 Å². The van der Waals surface area contributed by atoms with Gasteiger partial charge in [0.05, 0.1) is 0 Å². The molecule has 0 unspecified atom stereocenters. The molecule has 0 aromatic heterocycles. The second-order valence-corrected chi connectivity index (χ2v) is 3.16. The summed E-state index contributed by atoms with van der Waals surface area (Å²) in [4.78, 5) is 16.3. The van der Waals surface area contributed by atoms with Crippen LogP contribution < -0.4 is 0 Å². The minimum Gasteiger partial charge on any atom is -0.412 e. The van der Waals surface area contributed by atoms with Gasteiger partial charge < -0.3 is 20.7 Å². The maximum absolute atomic E-state index is 9.93. The van der Waals surface area contributed by atoms with E-state index in [-0.39, 0.29) is 17.1 Å². The van der Waals surface area contributed by atoms with E-state index in [0.29, 0.717) is 6.42 Å². The smallest absolute Gasteiger partial charge is 0.325 e. The SMILES string of the molecule is CCCP(=O)(O)O.O.O. The highest BCUT2D eigenvalue weighted by Gasteiger charge is 2.08. The lowest BCUT2D eigenvalue weighted by atomic mass is 10.6. The van der Waals surface area contributed by atoms with Crippen molar-refractivity contribution >= 4 is 7.60 Å². The Morgan fingerprint density at radius 1 is 1.33 bits per heavy atom. The van der Waals surface area contributed by atoms with Crippen molar-refractivity contribution in [2.75, 3.05) is 6.16 Å². The molecule has 0 rings (SSSR count). The maximum Gasteiger partial charge on any atom is 0.325 e. The first-order chi connectivity index (χ1) is 3.06. The van der Waals surface area contributed by atoms with Gasteiger partial charge in [-0.05, 0) is 6.42 Å². The predicted octanol–water partition coefficient (Wildman–Crippen LogP) is -1.08. The Bertz CT molecular complexity index is 86.2. The fourth-order valence-corrected chi connectivity index (χ4v) is 0.874. The van der Waals surface area contributed by atoms with E-state index in [0.717, 1.165) is 0 Å². The fraction of sp³-hybridized carbons (Fsp3) is 1.00. The molecule has 5 nitrogen and oxygen atoms in total. The van der Waals surface area contributed by atoms with E-state index in [2.05, 4.69) is 0 Å². The molecule has 0 aliphatic heterocycles. The Morgan fingerprint density at radius 2 is 1.67 bits per heavy atom. The topological polar surface area (TPSA) is 121 Å². The van der Waals surface area contributed by atoms with Crippen molar-refractivity contribution in [3.8, 4) is 0 Å². The van der Waals surface area contributed by atoms with E-state index in [1.807, 2.05) is 0 Å². The minimum absolute atomic E-state index is 0. The van der Waals surface area contributed by atoms with Gasteiger partial charge in [0.15, 0.2) is 0 Å². The molecule has 60 valence electrons. The number of hydrogen-bond donors (Lipinski definition) is 2. The molecule has 9 heavy (non-hydrogen) atoms. The monoisotopic (exact) mass is 160 g/mol. The molecule has 6 N–H and O–H groups in total. The van der Waals surface area contributed by atoms with Crippen molar-refractivity contribution in [2.24, 2.45) is 0 Å². The van der Waals surface area contributed by atoms with E-state index >= 15 is 0 Å². The van der Waals surface area contributed by atoms with E-state index < -0.39 is 7.60 Å². The molecule has 0 aromatic rings. The van der Waals surface area contributed by atoms with Gasteiger partial charge in [-0.15, -0.1) is 0 Å². The van der Waals surface area contributed by atoms with Gasteiger partial charge in [0, 0.05) is 6.16 Å². The van der Waals surface area contributed by atoms with Crippen molar-refractivity contribution < 1.29 is 25.3 Å². The van der Waals surface area contributed by atoms with Crippen LogP contribution in [0, 0.1) is 0 Å². The summed E-state index contributed by atoms with van der Waals surface area (Å²) in [6.45, 7) is 1.74. The van der Waals surface area contributed by atoms with Gasteiger partial charge in [-0.2, -0.15) is 0 Å². The largest absolute Gasteiger partial charge is 0.412 e. The standard InChI is InChI=1S/C3H9O3P.2H2O/c1-2-3-7(4,5)6;;/h2-3H2,1H3,(H2,4,5,6);2*1H2. The molecule has 0 fully saturated rings. The zero-order valence-corrected chi connectivity index (χ0v) is 6.06. The lowest BCUT2D eigenvalue weighted by Gasteiger charge is -1.96. The highest BCUT2D eigenvalue weighted by atomic mass is 31.2. The van der Waals surface area contributed by atoms with Crippen molar-refractivity contribution in [3.63, 3.8) is 0 Å². The molecule has 0 heterocycles. The third-order valence-electron chi connectivity index (χ3n) is 0.515. The fourth-order valence-electron chi connectivity index (χ4n) is 0.291. The average Bonchev–Trinajstić information content (AvgIpc) is 1.30. The van der Waals surface area contributed by atoms with Crippen molar-refractivity contribution in [1.29, 1.82) is 0 Å². The molecule has 0 saturated carbocycles. The first kappa shape index (κ1) is 16.0. The van der Waals surface area contributed by atoms with Crippen molar-refractivity contribution in [2.45, 2.75) is 13.3 Å². The number of hydrogen-bond acceptors (Lipinski definition) is 1. The van der Waals surface area contributed by atoms with Crippen molar-refractivity contribution in [3.05, 3.63) is 0 Å². The first-order valence-electron chi connectivity index (χ1n) is 2.11. The van der Waals surface area contributed by atoms with Gasteiger partial charge >= 0.3 is 7.60 Å². The molecule has 0 bridgehead atoms. The molecule has 0 saturated heterocycles.